The average Bonchev–Trinajstić information content (AvgIpc) is 2.00. The Morgan fingerprint density at radius 3 is 2.00 bits per heavy atom. The van der Waals surface area contributed by atoms with Gasteiger partial charge in [0.25, 0.3) is 0 Å². The molecule has 0 spiro atoms. The third-order valence-electron chi connectivity index (χ3n) is 0.939. The second kappa shape index (κ2) is 4.39. The molecule has 0 aliphatic heterocycles. The van der Waals surface area contributed by atoms with Gasteiger partial charge in [-0.2, -0.15) is 8.42 Å². The lowest BCUT2D eigenvalue weighted by Gasteiger charge is -2.10. The van der Waals surface area contributed by atoms with Gasteiger partial charge in [-0.15, -0.1) is 0 Å². The van der Waals surface area contributed by atoms with Gasteiger partial charge in [-0.1, -0.05) is 0 Å². The molecule has 7 nitrogen and oxygen atoms in total. The first-order chi connectivity index (χ1) is 5.75. The van der Waals surface area contributed by atoms with E-state index in [9.17, 15) is 17.8 Å². The maximum absolute atomic E-state index is 11.1. The molecule has 10 heteroatoms. The highest BCUT2D eigenvalue weighted by molar-refractivity contribution is 8.13. The molecule has 0 saturated carbocycles. The third kappa shape index (κ3) is 4.06. The predicted octanol–water partition coefficient (Wildman–Crippen LogP) is 0.665. The smallest absolute Gasteiger partial charge is 0.305 e. The van der Waals surface area contributed by atoms with Gasteiger partial charge < -0.3 is 9.05 Å². The number of nitrogens with one attached hydrogen (secondary N) is 1. The van der Waals surface area contributed by atoms with Gasteiger partial charge in [-0.3, -0.25) is 4.79 Å². The Kier molecular flexibility index (Phi) is 4.34. The van der Waals surface area contributed by atoms with Crippen LogP contribution in [0.2, 0.25) is 0 Å². The van der Waals surface area contributed by atoms with Crippen LogP contribution in [0.3, 0.4) is 0 Å². The molecule has 0 aromatic carbocycles. The molecule has 0 aromatic heterocycles. The van der Waals surface area contributed by atoms with Gasteiger partial charge in [-0.05, 0) is 0 Å². The Hall–Kier alpha value is -0.140. The van der Waals surface area contributed by atoms with Crippen LogP contribution in [0.4, 0.5) is 4.79 Å². The first-order valence-corrected chi connectivity index (χ1v) is 6.59. The van der Waals surface area contributed by atoms with Gasteiger partial charge in [0, 0.05) is 24.9 Å². The summed E-state index contributed by atoms with van der Waals surface area (Å²) in [4.78, 5) is 10.9. The fourth-order valence-corrected chi connectivity index (χ4v) is 2.27. The average molecular weight is 252 g/mol. The fourth-order valence-electron chi connectivity index (χ4n) is 0.401. The highest BCUT2D eigenvalue weighted by atomic mass is 35.7. The van der Waals surface area contributed by atoms with Crippen molar-refractivity contribution in [2.75, 3.05) is 14.2 Å². The van der Waals surface area contributed by atoms with E-state index in [0.29, 0.717) is 0 Å². The van der Waals surface area contributed by atoms with E-state index in [4.69, 9.17) is 0 Å². The number of halogens is 1. The third-order valence-corrected chi connectivity index (χ3v) is 3.32. The molecule has 0 rings (SSSR count). The fraction of sp³-hybridized carbons (Fsp3) is 0.667. The Labute approximate surface area is 79.4 Å². The first-order valence-electron chi connectivity index (χ1n) is 2.73. The Morgan fingerprint density at radius 2 is 1.77 bits per heavy atom. The summed E-state index contributed by atoms with van der Waals surface area (Å²) in [6, 6.07) is 0. The normalized spacial score (nSPS) is 12.5. The lowest BCUT2D eigenvalue weighted by molar-refractivity contribution is 0.238. The second-order valence-electron chi connectivity index (χ2n) is 1.71. The molecule has 13 heavy (non-hydrogen) atoms. The van der Waals surface area contributed by atoms with Crippen LogP contribution in [0, 0.1) is 0 Å². The first kappa shape index (κ1) is 12.9. The zero-order valence-electron chi connectivity index (χ0n) is 6.68. The van der Waals surface area contributed by atoms with E-state index in [1.807, 2.05) is 0 Å². The van der Waals surface area contributed by atoms with Crippen molar-refractivity contribution in [3.63, 3.8) is 0 Å². The quantitative estimate of drug-likeness (QED) is 0.582. The molecular weight excluding hydrogens is 245 g/mol. The summed E-state index contributed by atoms with van der Waals surface area (Å²) in [5.74, 6) is 0. The lowest BCUT2D eigenvalue weighted by atomic mass is 11.4. The lowest BCUT2D eigenvalue weighted by Crippen LogP contribution is -2.25. The summed E-state index contributed by atoms with van der Waals surface area (Å²) in [5.41, 5.74) is -1.44. The Morgan fingerprint density at radius 1 is 1.38 bits per heavy atom. The molecule has 0 unspecified atom stereocenters. The minimum absolute atomic E-state index is 0.935. The minimum atomic E-state index is -4.29. The standard InChI is InChI=1S/C3H7ClNO6PS/c1-10-12(7,11-2)3(6)5-13(4,8)9/h1-2H3,(H,5,6). The monoisotopic (exact) mass is 251 g/mol. The van der Waals surface area contributed by atoms with Gasteiger partial charge in [0.1, 0.15) is 0 Å². The molecule has 78 valence electrons. The number of amides is 1. The van der Waals surface area contributed by atoms with Crippen LogP contribution in [0.5, 0.6) is 0 Å². The van der Waals surface area contributed by atoms with Crippen LogP contribution in [-0.4, -0.2) is 28.3 Å². The number of hydrogen-bond donors (Lipinski definition) is 1. The SMILES string of the molecule is COP(=O)(OC)C(=O)NS(=O)(=O)Cl. The summed E-state index contributed by atoms with van der Waals surface area (Å²) in [7, 11) is -1.84. The molecule has 0 atom stereocenters. The van der Waals surface area contributed by atoms with Crippen LogP contribution in [0.25, 0.3) is 0 Å². The van der Waals surface area contributed by atoms with Crippen molar-refractivity contribution in [3.05, 3.63) is 0 Å². The summed E-state index contributed by atoms with van der Waals surface area (Å²) in [6.45, 7) is 0. The number of rotatable bonds is 4. The Bertz CT molecular complexity index is 330. The van der Waals surface area contributed by atoms with Crippen molar-refractivity contribution >= 4 is 33.2 Å². The maximum Gasteiger partial charge on any atom is 0.418 e. The van der Waals surface area contributed by atoms with Crippen LogP contribution < -0.4 is 4.72 Å². The van der Waals surface area contributed by atoms with E-state index in [0.717, 1.165) is 14.2 Å². The number of hydrogen-bond acceptors (Lipinski definition) is 6. The van der Waals surface area contributed by atoms with E-state index in [2.05, 4.69) is 19.7 Å². The summed E-state index contributed by atoms with van der Waals surface area (Å²) in [5, 5.41) is 0. The molecule has 0 bridgehead atoms. The molecule has 0 radical (unpaired) electrons. The molecule has 1 N–H and O–H groups in total. The van der Waals surface area contributed by atoms with Gasteiger partial charge >= 0.3 is 22.5 Å². The highest BCUT2D eigenvalue weighted by Gasteiger charge is 2.34. The maximum atomic E-state index is 11.1. The molecule has 1 amide bonds. The molecule has 0 heterocycles. The van der Waals surface area contributed by atoms with Crippen molar-refractivity contribution in [1.29, 1.82) is 0 Å². The summed E-state index contributed by atoms with van der Waals surface area (Å²) in [6.07, 6.45) is 0. The van der Waals surface area contributed by atoms with Crippen molar-refractivity contribution in [2.45, 2.75) is 0 Å². The van der Waals surface area contributed by atoms with Crippen LogP contribution in [0.1, 0.15) is 0 Å². The predicted molar refractivity (Wildman–Crippen MR) is 44.9 cm³/mol. The topological polar surface area (TPSA) is 98.8 Å². The highest BCUT2D eigenvalue weighted by Crippen LogP contribution is 2.47. The summed E-state index contributed by atoms with van der Waals surface area (Å²) >= 11 is 0. The zero-order valence-corrected chi connectivity index (χ0v) is 9.15. The number of carbonyl (C=O) groups excluding carboxylic acids is 1. The van der Waals surface area contributed by atoms with Crippen molar-refractivity contribution < 1.29 is 26.8 Å². The van der Waals surface area contributed by atoms with E-state index in [1.54, 1.807) is 0 Å². The van der Waals surface area contributed by atoms with E-state index >= 15 is 0 Å². The Balaban J connectivity index is 4.71. The molecule has 0 fully saturated rings. The largest absolute Gasteiger partial charge is 0.418 e. The number of carbonyl (C=O) groups is 1. The van der Waals surface area contributed by atoms with Crippen LogP contribution in [-0.2, 0) is 22.8 Å². The summed E-state index contributed by atoms with van der Waals surface area (Å²) < 4.78 is 41.4. The van der Waals surface area contributed by atoms with Gasteiger partial charge in [-0.25, -0.2) is 9.29 Å². The van der Waals surface area contributed by atoms with Gasteiger partial charge in [0.15, 0.2) is 0 Å². The van der Waals surface area contributed by atoms with Gasteiger partial charge in [0.05, 0.1) is 0 Å². The van der Waals surface area contributed by atoms with Crippen molar-refractivity contribution in [3.8, 4) is 0 Å². The van der Waals surface area contributed by atoms with E-state index < -0.39 is 22.5 Å². The van der Waals surface area contributed by atoms with Crippen LogP contribution >= 0.6 is 18.3 Å². The molecular formula is C3H7ClNO6PS. The van der Waals surface area contributed by atoms with Crippen molar-refractivity contribution in [2.24, 2.45) is 0 Å². The minimum Gasteiger partial charge on any atom is -0.305 e. The van der Waals surface area contributed by atoms with Crippen molar-refractivity contribution in [1.82, 2.24) is 4.72 Å². The molecule has 0 aliphatic carbocycles. The zero-order chi connectivity index (χ0) is 10.7. The molecule has 0 aromatic rings. The molecule has 0 aliphatic rings. The van der Waals surface area contributed by atoms with Gasteiger partial charge in [0.2, 0.25) is 0 Å². The van der Waals surface area contributed by atoms with E-state index in [1.165, 1.54) is 4.72 Å². The van der Waals surface area contributed by atoms with E-state index in [-0.39, 0.29) is 0 Å². The van der Waals surface area contributed by atoms with Crippen LogP contribution in [0.15, 0.2) is 0 Å². The molecule has 0 saturated heterocycles. The second-order valence-corrected chi connectivity index (χ2v) is 6.14.